The molecule has 18 heavy (non-hydrogen) atoms. The Bertz CT molecular complexity index is 400. The zero-order valence-corrected chi connectivity index (χ0v) is 12.0. The Morgan fingerprint density at radius 2 is 2.11 bits per heavy atom. The third-order valence-corrected chi connectivity index (χ3v) is 3.68. The van der Waals surface area contributed by atoms with Gasteiger partial charge in [-0.1, -0.05) is 32.9 Å². The van der Waals surface area contributed by atoms with Crippen molar-refractivity contribution in [2.45, 2.75) is 39.5 Å². The minimum atomic E-state index is 0.207. The Labute approximate surface area is 111 Å². The van der Waals surface area contributed by atoms with E-state index in [1.807, 2.05) is 0 Å². The van der Waals surface area contributed by atoms with Gasteiger partial charge in [-0.05, 0) is 42.5 Å². The number of ether oxygens (including phenoxy) is 1. The molecule has 0 amide bonds. The van der Waals surface area contributed by atoms with Crippen molar-refractivity contribution >= 4 is 0 Å². The number of hydrogen-bond acceptors (Lipinski definition) is 2. The lowest BCUT2D eigenvalue weighted by molar-refractivity contribution is 0.258. The molecule has 0 saturated carbocycles. The van der Waals surface area contributed by atoms with E-state index in [0.29, 0.717) is 5.92 Å². The van der Waals surface area contributed by atoms with E-state index < -0.39 is 0 Å². The van der Waals surface area contributed by atoms with Gasteiger partial charge in [0.2, 0.25) is 0 Å². The summed E-state index contributed by atoms with van der Waals surface area (Å²) in [6.45, 7) is 11.9. The fraction of sp³-hybridized carbons (Fsp3) is 0.625. The molecule has 1 saturated heterocycles. The van der Waals surface area contributed by atoms with Gasteiger partial charge in [0.25, 0.3) is 0 Å². The van der Waals surface area contributed by atoms with Gasteiger partial charge < -0.3 is 10.1 Å². The predicted octanol–water partition coefficient (Wildman–Crippen LogP) is 3.28. The first-order valence-corrected chi connectivity index (χ1v) is 6.91. The SMILES string of the molecule is Cc1cc(C(C)(C)C)ccc1OCC1CCNC1. The molecule has 1 N–H and O–H groups in total. The van der Waals surface area contributed by atoms with Gasteiger partial charge in [-0.2, -0.15) is 0 Å². The van der Waals surface area contributed by atoms with E-state index in [9.17, 15) is 0 Å². The third-order valence-electron chi connectivity index (χ3n) is 3.68. The van der Waals surface area contributed by atoms with Crippen LogP contribution in [0.15, 0.2) is 18.2 Å². The molecular formula is C16H25NO. The summed E-state index contributed by atoms with van der Waals surface area (Å²) in [7, 11) is 0. The summed E-state index contributed by atoms with van der Waals surface area (Å²) in [5, 5.41) is 3.37. The van der Waals surface area contributed by atoms with Crippen LogP contribution in [0, 0.1) is 12.8 Å². The summed E-state index contributed by atoms with van der Waals surface area (Å²) in [6.07, 6.45) is 1.24. The van der Waals surface area contributed by atoms with Crippen LogP contribution in [0.3, 0.4) is 0 Å². The number of nitrogens with one attached hydrogen (secondary N) is 1. The highest BCUT2D eigenvalue weighted by molar-refractivity contribution is 5.38. The van der Waals surface area contributed by atoms with Crippen LogP contribution >= 0.6 is 0 Å². The fourth-order valence-corrected chi connectivity index (χ4v) is 2.34. The number of aryl methyl sites for hydroxylation is 1. The smallest absolute Gasteiger partial charge is 0.122 e. The van der Waals surface area contributed by atoms with Crippen molar-refractivity contribution in [3.05, 3.63) is 29.3 Å². The molecule has 1 aromatic rings. The number of rotatable bonds is 3. The highest BCUT2D eigenvalue weighted by Crippen LogP contribution is 2.27. The second-order valence-electron chi connectivity index (χ2n) is 6.40. The summed E-state index contributed by atoms with van der Waals surface area (Å²) in [6, 6.07) is 6.57. The maximum atomic E-state index is 5.95. The van der Waals surface area contributed by atoms with Crippen LogP contribution in [-0.4, -0.2) is 19.7 Å². The van der Waals surface area contributed by atoms with E-state index in [1.165, 1.54) is 17.5 Å². The maximum absolute atomic E-state index is 5.95. The molecule has 1 aromatic carbocycles. The quantitative estimate of drug-likeness (QED) is 0.885. The van der Waals surface area contributed by atoms with Crippen LogP contribution in [0.5, 0.6) is 5.75 Å². The van der Waals surface area contributed by atoms with Crippen molar-refractivity contribution in [3.8, 4) is 5.75 Å². The molecule has 1 fully saturated rings. The summed E-state index contributed by atoms with van der Waals surface area (Å²) in [5.41, 5.74) is 2.82. The van der Waals surface area contributed by atoms with Crippen molar-refractivity contribution in [2.75, 3.05) is 19.7 Å². The first-order valence-electron chi connectivity index (χ1n) is 6.91. The molecule has 1 heterocycles. The minimum Gasteiger partial charge on any atom is -0.493 e. The first kappa shape index (κ1) is 13.4. The summed E-state index contributed by atoms with van der Waals surface area (Å²) in [5.74, 6) is 1.71. The molecule has 1 unspecified atom stereocenters. The lowest BCUT2D eigenvalue weighted by atomic mass is 9.86. The van der Waals surface area contributed by atoms with Crippen LogP contribution in [-0.2, 0) is 5.41 Å². The van der Waals surface area contributed by atoms with Gasteiger partial charge in [0.05, 0.1) is 6.61 Å². The van der Waals surface area contributed by atoms with Gasteiger partial charge in [0.1, 0.15) is 5.75 Å². The largest absolute Gasteiger partial charge is 0.493 e. The molecular weight excluding hydrogens is 222 g/mol. The Kier molecular flexibility index (Phi) is 3.96. The van der Waals surface area contributed by atoms with E-state index in [0.717, 1.165) is 25.4 Å². The Hall–Kier alpha value is -1.02. The van der Waals surface area contributed by atoms with Crippen molar-refractivity contribution in [1.29, 1.82) is 0 Å². The minimum absolute atomic E-state index is 0.207. The first-order chi connectivity index (χ1) is 8.47. The van der Waals surface area contributed by atoms with Crippen molar-refractivity contribution < 1.29 is 4.74 Å². The van der Waals surface area contributed by atoms with Crippen LogP contribution in [0.1, 0.15) is 38.3 Å². The van der Waals surface area contributed by atoms with Crippen molar-refractivity contribution in [3.63, 3.8) is 0 Å². The molecule has 1 aliphatic rings. The van der Waals surface area contributed by atoms with Gasteiger partial charge in [-0.3, -0.25) is 0 Å². The van der Waals surface area contributed by atoms with Gasteiger partial charge >= 0.3 is 0 Å². The van der Waals surface area contributed by atoms with Crippen LogP contribution < -0.4 is 10.1 Å². The summed E-state index contributed by atoms with van der Waals surface area (Å²) >= 11 is 0. The Morgan fingerprint density at radius 1 is 1.33 bits per heavy atom. The second kappa shape index (κ2) is 5.31. The average molecular weight is 247 g/mol. The molecule has 2 rings (SSSR count). The lowest BCUT2D eigenvalue weighted by Gasteiger charge is -2.21. The number of benzene rings is 1. The van der Waals surface area contributed by atoms with Crippen LogP contribution in [0.25, 0.3) is 0 Å². The second-order valence-corrected chi connectivity index (χ2v) is 6.40. The average Bonchev–Trinajstić information content (AvgIpc) is 2.79. The van der Waals surface area contributed by atoms with E-state index in [1.54, 1.807) is 0 Å². The van der Waals surface area contributed by atoms with E-state index in [4.69, 9.17) is 4.74 Å². The lowest BCUT2D eigenvalue weighted by Crippen LogP contribution is -2.16. The highest BCUT2D eigenvalue weighted by Gasteiger charge is 2.17. The van der Waals surface area contributed by atoms with Gasteiger partial charge in [0.15, 0.2) is 0 Å². The molecule has 0 bridgehead atoms. The normalized spacial score (nSPS) is 20.1. The van der Waals surface area contributed by atoms with E-state index >= 15 is 0 Å². The van der Waals surface area contributed by atoms with E-state index in [2.05, 4.69) is 51.2 Å². The maximum Gasteiger partial charge on any atom is 0.122 e. The van der Waals surface area contributed by atoms with Crippen LogP contribution in [0.4, 0.5) is 0 Å². The highest BCUT2D eigenvalue weighted by atomic mass is 16.5. The zero-order valence-electron chi connectivity index (χ0n) is 12.0. The molecule has 0 radical (unpaired) electrons. The molecule has 2 heteroatoms. The third kappa shape index (κ3) is 3.26. The topological polar surface area (TPSA) is 21.3 Å². The number of hydrogen-bond donors (Lipinski definition) is 1. The molecule has 0 spiro atoms. The molecule has 100 valence electrons. The fourth-order valence-electron chi connectivity index (χ4n) is 2.34. The zero-order chi connectivity index (χ0) is 13.2. The van der Waals surface area contributed by atoms with Crippen LogP contribution in [0.2, 0.25) is 0 Å². The Morgan fingerprint density at radius 3 is 2.67 bits per heavy atom. The van der Waals surface area contributed by atoms with Gasteiger partial charge in [0, 0.05) is 12.5 Å². The van der Waals surface area contributed by atoms with E-state index in [-0.39, 0.29) is 5.41 Å². The predicted molar refractivity (Wildman–Crippen MR) is 76.4 cm³/mol. The standard InChI is InChI=1S/C16H25NO/c1-12-9-14(16(2,3)4)5-6-15(12)18-11-13-7-8-17-10-13/h5-6,9,13,17H,7-8,10-11H2,1-4H3. The van der Waals surface area contributed by atoms with Crippen molar-refractivity contribution in [1.82, 2.24) is 5.32 Å². The van der Waals surface area contributed by atoms with Gasteiger partial charge in [-0.15, -0.1) is 0 Å². The monoisotopic (exact) mass is 247 g/mol. The van der Waals surface area contributed by atoms with Crippen molar-refractivity contribution in [2.24, 2.45) is 5.92 Å². The van der Waals surface area contributed by atoms with Gasteiger partial charge in [-0.25, -0.2) is 0 Å². The summed E-state index contributed by atoms with van der Waals surface area (Å²) < 4.78 is 5.95. The molecule has 2 nitrogen and oxygen atoms in total. The Balaban J connectivity index is 2.01. The molecule has 0 aliphatic carbocycles. The molecule has 1 atom stereocenters. The molecule has 0 aromatic heterocycles. The summed E-state index contributed by atoms with van der Waals surface area (Å²) in [4.78, 5) is 0. The molecule has 1 aliphatic heterocycles.